The number of rotatable bonds is 6. The van der Waals surface area contributed by atoms with Gasteiger partial charge in [0.1, 0.15) is 22.3 Å². The molecule has 0 fully saturated rings. The molecule has 0 bridgehead atoms. The summed E-state index contributed by atoms with van der Waals surface area (Å²) in [6.07, 6.45) is 0. The van der Waals surface area contributed by atoms with Crippen molar-refractivity contribution in [1.82, 2.24) is 0 Å². The maximum Gasteiger partial charge on any atom is 0.143 e. The highest BCUT2D eigenvalue weighted by molar-refractivity contribution is 6.11. The van der Waals surface area contributed by atoms with E-state index in [0.29, 0.717) is 0 Å². The molecule has 0 saturated carbocycles. The van der Waals surface area contributed by atoms with Crippen molar-refractivity contribution in [3.63, 3.8) is 0 Å². The number of furan rings is 2. The lowest BCUT2D eigenvalue weighted by Crippen LogP contribution is -2.10. The molecular weight excluding hydrogens is 623 g/mol. The Bertz CT molecular complexity index is 2860. The predicted octanol–water partition coefficient (Wildman–Crippen LogP) is 14.0. The van der Waals surface area contributed by atoms with Gasteiger partial charge in [0.25, 0.3) is 0 Å². The van der Waals surface area contributed by atoms with Crippen molar-refractivity contribution in [1.29, 1.82) is 0 Å². The number of benzene rings is 8. The van der Waals surface area contributed by atoms with Gasteiger partial charge in [0, 0.05) is 44.2 Å². The first kappa shape index (κ1) is 29.1. The molecule has 240 valence electrons. The molecule has 2 aromatic heterocycles. The van der Waals surface area contributed by atoms with Gasteiger partial charge in [0.2, 0.25) is 0 Å². The molecule has 10 rings (SSSR count). The van der Waals surface area contributed by atoms with E-state index in [-0.39, 0.29) is 0 Å². The van der Waals surface area contributed by atoms with Gasteiger partial charge in [-0.25, -0.2) is 0 Å². The molecule has 0 atom stereocenters. The molecule has 3 nitrogen and oxygen atoms in total. The van der Waals surface area contributed by atoms with Gasteiger partial charge >= 0.3 is 0 Å². The van der Waals surface area contributed by atoms with E-state index < -0.39 is 0 Å². The molecule has 0 aliphatic rings. The van der Waals surface area contributed by atoms with Crippen molar-refractivity contribution in [2.75, 3.05) is 4.90 Å². The summed E-state index contributed by atoms with van der Waals surface area (Å²) < 4.78 is 12.7. The second-order valence-corrected chi connectivity index (χ2v) is 12.9. The third-order valence-electron chi connectivity index (χ3n) is 9.89. The molecule has 0 saturated heterocycles. The molecule has 0 unspecified atom stereocenters. The zero-order valence-corrected chi connectivity index (χ0v) is 27.7. The van der Waals surface area contributed by atoms with Crippen molar-refractivity contribution in [3.05, 3.63) is 188 Å². The van der Waals surface area contributed by atoms with Crippen LogP contribution in [0.2, 0.25) is 0 Å². The van der Waals surface area contributed by atoms with Crippen molar-refractivity contribution in [3.8, 4) is 33.4 Å². The van der Waals surface area contributed by atoms with Gasteiger partial charge < -0.3 is 13.7 Å². The Hall–Kier alpha value is -6.84. The summed E-state index contributed by atoms with van der Waals surface area (Å²) in [6.45, 7) is 0. The lowest BCUT2D eigenvalue weighted by atomic mass is 9.93. The molecule has 8 aromatic carbocycles. The first-order valence-electron chi connectivity index (χ1n) is 17.3. The van der Waals surface area contributed by atoms with E-state index in [9.17, 15) is 0 Å². The average molecular weight is 654 g/mol. The number of nitrogens with zero attached hydrogens (tertiary/aromatic N) is 1. The van der Waals surface area contributed by atoms with Gasteiger partial charge in [-0.1, -0.05) is 133 Å². The molecule has 3 heteroatoms. The summed E-state index contributed by atoms with van der Waals surface area (Å²) in [5.41, 5.74) is 13.6. The molecule has 0 N–H and O–H groups in total. The maximum absolute atomic E-state index is 6.46. The summed E-state index contributed by atoms with van der Waals surface area (Å²) in [5.74, 6) is 0. The minimum Gasteiger partial charge on any atom is -0.456 e. The van der Waals surface area contributed by atoms with Gasteiger partial charge in [-0.15, -0.1) is 0 Å². The molecule has 2 heterocycles. The van der Waals surface area contributed by atoms with Crippen LogP contribution in [0.5, 0.6) is 0 Å². The highest BCUT2D eigenvalue weighted by Gasteiger charge is 2.18. The van der Waals surface area contributed by atoms with E-state index in [1.165, 1.54) is 11.1 Å². The van der Waals surface area contributed by atoms with E-state index in [0.717, 1.165) is 83.2 Å². The second-order valence-electron chi connectivity index (χ2n) is 12.9. The molecule has 0 amide bonds. The van der Waals surface area contributed by atoms with Gasteiger partial charge in [-0.3, -0.25) is 0 Å². The van der Waals surface area contributed by atoms with Crippen LogP contribution in [0.15, 0.2) is 197 Å². The normalized spacial score (nSPS) is 11.5. The van der Waals surface area contributed by atoms with E-state index in [4.69, 9.17) is 8.83 Å². The minimum absolute atomic E-state index is 0.879. The number of hydrogen-bond acceptors (Lipinski definition) is 3. The third kappa shape index (κ3) is 4.98. The lowest BCUT2D eigenvalue weighted by Gasteiger charge is -2.26. The molecule has 0 aliphatic heterocycles. The Labute approximate surface area is 295 Å². The van der Waals surface area contributed by atoms with Crippen LogP contribution in [0, 0.1) is 0 Å². The monoisotopic (exact) mass is 653 g/mol. The van der Waals surface area contributed by atoms with Gasteiger partial charge in [-0.2, -0.15) is 0 Å². The highest BCUT2D eigenvalue weighted by atomic mass is 16.3. The Morgan fingerprint density at radius 2 is 0.863 bits per heavy atom. The van der Waals surface area contributed by atoms with Crippen molar-refractivity contribution in [2.24, 2.45) is 0 Å². The molecule has 10 aromatic rings. The number of hydrogen-bond donors (Lipinski definition) is 0. The molecule has 51 heavy (non-hydrogen) atoms. The lowest BCUT2D eigenvalue weighted by molar-refractivity contribution is 0.669. The quantitative estimate of drug-likeness (QED) is 0.179. The molecule has 0 aliphatic carbocycles. The summed E-state index contributed by atoms with van der Waals surface area (Å²) in [6, 6.07) is 66.2. The van der Waals surface area contributed by atoms with Crippen LogP contribution in [0.4, 0.5) is 17.1 Å². The molecule has 0 spiro atoms. The Morgan fingerprint density at radius 1 is 0.294 bits per heavy atom. The standard InChI is InChI=1S/C48H31NO2/c1-2-12-32(13-3-1)34-14-10-15-36(30-34)49(37-28-29-47-44(31-37)41-19-7-8-22-45(41)50-47)35-26-24-33(25-27-35)38-16-4-5-17-39(38)42-20-11-21-43-40-18-6-9-23-46(40)51-48(42)43/h1-31H. The minimum atomic E-state index is 0.879. The Balaban J connectivity index is 1.10. The predicted molar refractivity (Wildman–Crippen MR) is 212 cm³/mol. The number of para-hydroxylation sites is 3. The van der Waals surface area contributed by atoms with Crippen molar-refractivity contribution < 1.29 is 8.83 Å². The fourth-order valence-electron chi connectivity index (χ4n) is 7.47. The zero-order chi connectivity index (χ0) is 33.7. The number of anilines is 3. The van der Waals surface area contributed by atoms with Crippen LogP contribution in [0.25, 0.3) is 77.3 Å². The van der Waals surface area contributed by atoms with Crippen LogP contribution in [0.3, 0.4) is 0 Å². The smallest absolute Gasteiger partial charge is 0.143 e. The van der Waals surface area contributed by atoms with E-state index in [2.05, 4.69) is 169 Å². The SMILES string of the molecule is c1ccc(-c2cccc(N(c3ccc(-c4ccccc4-c4cccc5c4oc4ccccc45)cc3)c3ccc4oc5ccccc5c4c3)c2)cc1. The summed E-state index contributed by atoms with van der Waals surface area (Å²) >= 11 is 0. The van der Waals surface area contributed by atoms with Crippen molar-refractivity contribution >= 4 is 60.9 Å². The van der Waals surface area contributed by atoms with Crippen molar-refractivity contribution in [2.45, 2.75) is 0 Å². The first-order chi connectivity index (χ1) is 25.3. The van der Waals surface area contributed by atoms with Crippen LogP contribution in [-0.4, -0.2) is 0 Å². The van der Waals surface area contributed by atoms with Crippen LogP contribution >= 0.6 is 0 Å². The third-order valence-corrected chi connectivity index (χ3v) is 9.89. The topological polar surface area (TPSA) is 29.5 Å². The highest BCUT2D eigenvalue weighted by Crippen LogP contribution is 2.43. The number of fused-ring (bicyclic) bond motifs is 6. The summed E-state index contributed by atoms with van der Waals surface area (Å²) in [4.78, 5) is 2.33. The maximum atomic E-state index is 6.46. The largest absolute Gasteiger partial charge is 0.456 e. The first-order valence-corrected chi connectivity index (χ1v) is 17.3. The van der Waals surface area contributed by atoms with E-state index >= 15 is 0 Å². The second kappa shape index (κ2) is 11.9. The van der Waals surface area contributed by atoms with Crippen LogP contribution in [0.1, 0.15) is 0 Å². The van der Waals surface area contributed by atoms with E-state index in [1.807, 2.05) is 24.3 Å². The fraction of sp³-hybridized carbons (Fsp3) is 0. The summed E-state index contributed by atoms with van der Waals surface area (Å²) in [7, 11) is 0. The van der Waals surface area contributed by atoms with Gasteiger partial charge in [-0.05, 0) is 82.4 Å². The Kier molecular flexibility index (Phi) is 6.81. The van der Waals surface area contributed by atoms with E-state index in [1.54, 1.807) is 0 Å². The summed E-state index contributed by atoms with van der Waals surface area (Å²) in [5, 5.41) is 4.47. The zero-order valence-electron chi connectivity index (χ0n) is 27.7. The van der Waals surface area contributed by atoms with Gasteiger partial charge in [0.05, 0.1) is 0 Å². The average Bonchev–Trinajstić information content (AvgIpc) is 3.77. The van der Waals surface area contributed by atoms with Crippen LogP contribution < -0.4 is 4.90 Å². The Morgan fingerprint density at radius 3 is 1.69 bits per heavy atom. The fourth-order valence-corrected chi connectivity index (χ4v) is 7.47. The van der Waals surface area contributed by atoms with Crippen LogP contribution in [-0.2, 0) is 0 Å². The molecular formula is C48H31NO2. The molecule has 0 radical (unpaired) electrons. The van der Waals surface area contributed by atoms with Gasteiger partial charge in [0.15, 0.2) is 0 Å².